The van der Waals surface area contributed by atoms with Crippen molar-refractivity contribution in [3.8, 4) is 11.1 Å². The van der Waals surface area contributed by atoms with Crippen LogP contribution in [0.2, 0.25) is 0 Å². The van der Waals surface area contributed by atoms with Crippen LogP contribution in [0.15, 0.2) is 142 Å². The Bertz CT molecular complexity index is 1430. The van der Waals surface area contributed by atoms with Gasteiger partial charge in [0.25, 0.3) is 0 Å². The summed E-state index contributed by atoms with van der Waals surface area (Å²) in [6, 6.07) is 21.8. The van der Waals surface area contributed by atoms with Gasteiger partial charge in [-0.3, -0.25) is 9.47 Å². The van der Waals surface area contributed by atoms with Gasteiger partial charge in [-0.05, 0) is 58.7 Å². The Hall–Kier alpha value is -4.41. The topological polar surface area (TPSA) is 20.6 Å². The number of hydrogen-bond donors (Lipinski definition) is 0. The second-order valence-electron chi connectivity index (χ2n) is 9.89. The molecule has 0 radical (unpaired) electrons. The largest absolute Gasteiger partial charge is 0.287 e. The Balaban J connectivity index is 1.22. The van der Waals surface area contributed by atoms with E-state index in [0.29, 0.717) is 0 Å². The number of rotatable bonds is 10. The summed E-state index contributed by atoms with van der Waals surface area (Å²) in [7, 11) is 0. The minimum atomic E-state index is 0.823. The molecule has 4 aromatic rings. The highest BCUT2D eigenvalue weighted by Gasteiger charge is 2.26. The van der Waals surface area contributed by atoms with Crippen molar-refractivity contribution in [2.24, 2.45) is 0 Å². The minimum absolute atomic E-state index is 0.823. The molecule has 4 heteroatoms. The zero-order chi connectivity index (χ0) is 26.2. The van der Waals surface area contributed by atoms with Crippen LogP contribution in [0.1, 0.15) is 16.7 Å². The van der Waals surface area contributed by atoms with Gasteiger partial charge in [-0.2, -0.15) is 0 Å². The molecule has 1 aliphatic heterocycles. The van der Waals surface area contributed by atoms with Gasteiger partial charge >= 0.3 is 0 Å². The lowest BCUT2D eigenvalue weighted by Gasteiger charge is -2.35. The van der Waals surface area contributed by atoms with Gasteiger partial charge in [0.05, 0.1) is 6.20 Å². The Morgan fingerprint density at radius 3 is 1.95 bits per heavy atom. The van der Waals surface area contributed by atoms with Gasteiger partial charge in [-0.1, -0.05) is 37.4 Å². The van der Waals surface area contributed by atoms with Crippen molar-refractivity contribution in [1.29, 1.82) is 0 Å². The highest BCUT2D eigenvalue weighted by molar-refractivity contribution is 5.74. The summed E-state index contributed by atoms with van der Waals surface area (Å²) in [6.45, 7) is 12.3. The van der Waals surface area contributed by atoms with Crippen LogP contribution in [0.5, 0.6) is 0 Å². The molecule has 5 rings (SSSR count). The van der Waals surface area contributed by atoms with E-state index in [2.05, 4.69) is 131 Å². The van der Waals surface area contributed by atoms with Gasteiger partial charge in [0, 0.05) is 47.8 Å². The SMILES string of the molecule is C=CC[n+]1ccc(-c2cc[n+](Cc3ccc(C[N+]4(CC=C)C=CC(c5ccncc5)=CC4)cc3)cc2)cc1. The molecule has 0 amide bonds. The van der Waals surface area contributed by atoms with Crippen LogP contribution in [0.25, 0.3) is 16.7 Å². The average Bonchev–Trinajstić information content (AvgIpc) is 2.96. The summed E-state index contributed by atoms with van der Waals surface area (Å²) in [5.74, 6) is 0. The van der Waals surface area contributed by atoms with Crippen LogP contribution in [-0.2, 0) is 19.6 Å². The minimum Gasteiger partial charge on any atom is -0.287 e. The lowest BCUT2D eigenvalue weighted by Crippen LogP contribution is -2.43. The molecule has 1 aliphatic rings. The fourth-order valence-electron chi connectivity index (χ4n) is 4.98. The fourth-order valence-corrected chi connectivity index (χ4v) is 4.98. The van der Waals surface area contributed by atoms with Crippen molar-refractivity contribution < 1.29 is 13.6 Å². The van der Waals surface area contributed by atoms with E-state index in [0.717, 1.165) is 37.2 Å². The van der Waals surface area contributed by atoms with E-state index in [1.807, 2.05) is 24.5 Å². The van der Waals surface area contributed by atoms with E-state index in [1.54, 1.807) is 0 Å². The lowest BCUT2D eigenvalue weighted by atomic mass is 10.0. The van der Waals surface area contributed by atoms with Gasteiger partial charge in [0.2, 0.25) is 0 Å². The van der Waals surface area contributed by atoms with Gasteiger partial charge in [-0.15, -0.1) is 0 Å². The summed E-state index contributed by atoms with van der Waals surface area (Å²) >= 11 is 0. The van der Waals surface area contributed by atoms with Crippen molar-refractivity contribution in [2.45, 2.75) is 19.6 Å². The van der Waals surface area contributed by atoms with Crippen molar-refractivity contribution in [3.05, 3.63) is 158 Å². The Labute approximate surface area is 226 Å². The number of quaternary nitrogens is 1. The monoisotopic (exact) mass is 499 g/mol. The van der Waals surface area contributed by atoms with E-state index >= 15 is 0 Å². The predicted octanol–water partition coefficient (Wildman–Crippen LogP) is 5.67. The number of nitrogens with zero attached hydrogens (tertiary/aromatic N) is 4. The molecule has 0 bridgehead atoms. The number of hydrogen-bond acceptors (Lipinski definition) is 1. The molecule has 0 aliphatic carbocycles. The van der Waals surface area contributed by atoms with Crippen LogP contribution in [0.4, 0.5) is 0 Å². The van der Waals surface area contributed by atoms with E-state index in [9.17, 15) is 0 Å². The van der Waals surface area contributed by atoms with Crippen molar-refractivity contribution in [2.75, 3.05) is 13.1 Å². The first-order chi connectivity index (χ1) is 18.7. The van der Waals surface area contributed by atoms with Gasteiger partial charge in [-0.25, -0.2) is 9.13 Å². The molecule has 0 fully saturated rings. The first-order valence-corrected chi connectivity index (χ1v) is 13.1. The molecular weight excluding hydrogens is 464 g/mol. The van der Waals surface area contributed by atoms with Crippen molar-refractivity contribution >= 4 is 5.57 Å². The Morgan fingerprint density at radius 1 is 0.737 bits per heavy atom. The lowest BCUT2D eigenvalue weighted by molar-refractivity contribution is -0.881. The Kier molecular flexibility index (Phi) is 7.81. The molecule has 0 spiro atoms. The molecule has 0 N–H and O–H groups in total. The fraction of sp³-hybridized carbons (Fsp3) is 0.147. The summed E-state index contributed by atoms with van der Waals surface area (Å²) in [4.78, 5) is 4.14. The van der Waals surface area contributed by atoms with E-state index < -0.39 is 0 Å². The number of allylic oxidation sites excluding steroid dienone is 3. The maximum atomic E-state index is 4.14. The summed E-state index contributed by atoms with van der Waals surface area (Å²) < 4.78 is 5.19. The second kappa shape index (κ2) is 11.8. The maximum Gasteiger partial charge on any atom is 0.173 e. The number of pyridine rings is 3. The molecule has 4 heterocycles. The molecular formula is C34H35N4+3. The zero-order valence-electron chi connectivity index (χ0n) is 21.9. The molecule has 3 aromatic heterocycles. The summed E-state index contributed by atoms with van der Waals surface area (Å²) in [5, 5.41) is 0. The smallest absolute Gasteiger partial charge is 0.173 e. The third-order valence-electron chi connectivity index (χ3n) is 7.09. The third-order valence-corrected chi connectivity index (χ3v) is 7.09. The molecule has 0 saturated heterocycles. The van der Waals surface area contributed by atoms with Gasteiger partial charge in [0.1, 0.15) is 19.6 Å². The van der Waals surface area contributed by atoms with Crippen LogP contribution in [-0.4, -0.2) is 22.6 Å². The standard InChI is InChI=1S/C34H35N4/c1-3-19-36-20-11-32(12-21-36)33-13-22-37(23-14-33)27-29-5-7-30(8-6-29)28-38(24-4-2)25-15-34(16-26-38)31-9-17-35-18-10-31/h3-18,20-23,25H,1-2,19,24,26-28H2/q+3. The third kappa shape index (κ3) is 6.10. The summed E-state index contributed by atoms with van der Waals surface area (Å²) in [6.07, 6.45) is 23.0. The van der Waals surface area contributed by atoms with Crippen LogP contribution in [0, 0.1) is 0 Å². The predicted molar refractivity (Wildman–Crippen MR) is 153 cm³/mol. The van der Waals surface area contributed by atoms with Crippen molar-refractivity contribution in [3.63, 3.8) is 0 Å². The number of aromatic nitrogens is 3. The number of benzene rings is 1. The molecule has 1 unspecified atom stereocenters. The highest BCUT2D eigenvalue weighted by atomic mass is 15.3. The Morgan fingerprint density at radius 2 is 1.37 bits per heavy atom. The quantitative estimate of drug-likeness (QED) is 0.156. The molecule has 38 heavy (non-hydrogen) atoms. The molecule has 1 atom stereocenters. The molecule has 4 nitrogen and oxygen atoms in total. The van der Waals surface area contributed by atoms with Gasteiger partial charge in [0.15, 0.2) is 37.9 Å². The van der Waals surface area contributed by atoms with Crippen LogP contribution >= 0.6 is 0 Å². The normalized spacial score (nSPS) is 16.6. The van der Waals surface area contributed by atoms with Gasteiger partial charge < -0.3 is 0 Å². The summed E-state index contributed by atoms with van der Waals surface area (Å²) in [5.41, 5.74) is 7.53. The first-order valence-electron chi connectivity index (χ1n) is 13.1. The molecule has 0 saturated carbocycles. The molecule has 188 valence electrons. The second-order valence-corrected chi connectivity index (χ2v) is 9.89. The van der Waals surface area contributed by atoms with Crippen LogP contribution in [0.3, 0.4) is 0 Å². The molecule has 1 aromatic carbocycles. The van der Waals surface area contributed by atoms with E-state index in [-0.39, 0.29) is 0 Å². The van der Waals surface area contributed by atoms with E-state index in [1.165, 1.54) is 33.4 Å². The average molecular weight is 500 g/mol. The van der Waals surface area contributed by atoms with Crippen molar-refractivity contribution in [1.82, 2.24) is 4.98 Å². The van der Waals surface area contributed by atoms with Crippen LogP contribution < -0.4 is 9.13 Å². The zero-order valence-corrected chi connectivity index (χ0v) is 21.9. The first kappa shape index (κ1) is 25.2. The highest BCUT2D eigenvalue weighted by Crippen LogP contribution is 2.26. The van der Waals surface area contributed by atoms with E-state index in [4.69, 9.17) is 0 Å². The maximum absolute atomic E-state index is 4.14.